The number of ether oxygens (including phenoxy) is 2. The number of rotatable bonds is 7. The third-order valence-electron chi connectivity index (χ3n) is 7.76. The fourth-order valence-corrected chi connectivity index (χ4v) is 6.60. The molecule has 0 radical (unpaired) electrons. The van der Waals surface area contributed by atoms with E-state index in [0.29, 0.717) is 41.7 Å². The van der Waals surface area contributed by atoms with Gasteiger partial charge in [-0.2, -0.15) is 0 Å². The number of aromatic nitrogens is 1. The van der Waals surface area contributed by atoms with Crippen LogP contribution in [0.25, 0.3) is 0 Å². The van der Waals surface area contributed by atoms with Gasteiger partial charge < -0.3 is 24.6 Å². The monoisotopic (exact) mass is 632 g/mol. The van der Waals surface area contributed by atoms with Gasteiger partial charge in [-0.25, -0.2) is 19.0 Å². The van der Waals surface area contributed by atoms with Crippen molar-refractivity contribution < 1.29 is 28.2 Å². The molecule has 3 aliphatic rings. The van der Waals surface area contributed by atoms with Crippen LogP contribution in [0.1, 0.15) is 44.3 Å². The van der Waals surface area contributed by atoms with Crippen LogP contribution in [0.5, 0.6) is 0 Å². The van der Waals surface area contributed by atoms with Gasteiger partial charge in [0.25, 0.3) is 0 Å². The zero-order valence-corrected chi connectivity index (χ0v) is 26.2. The molecule has 0 aliphatic carbocycles. The number of hydrogen-bond donors (Lipinski definition) is 1. The number of amidine groups is 1. The van der Waals surface area contributed by atoms with Gasteiger partial charge in [0.2, 0.25) is 0 Å². The molecule has 3 aliphatic heterocycles. The molecule has 2 fully saturated rings. The molecule has 1 N–H and O–H groups in total. The van der Waals surface area contributed by atoms with Crippen molar-refractivity contribution in [2.45, 2.75) is 51.4 Å². The second-order valence-corrected chi connectivity index (χ2v) is 12.7. The minimum atomic E-state index is -0.940. The highest BCUT2D eigenvalue weighted by Gasteiger charge is 2.52. The minimum absolute atomic E-state index is 0.0989. The molecule has 2 saturated heterocycles. The van der Waals surface area contributed by atoms with Crippen LogP contribution in [-0.4, -0.2) is 101 Å². The summed E-state index contributed by atoms with van der Waals surface area (Å²) in [6.45, 7) is 8.84. The first-order chi connectivity index (χ1) is 20.4. The number of piperazine rings is 1. The number of halogens is 2. The number of thiazole rings is 1. The molecule has 2 amide bonds. The molecule has 1 aromatic carbocycles. The fraction of sp³-hybridized carbons (Fsp3) is 0.483. The van der Waals surface area contributed by atoms with E-state index in [1.165, 1.54) is 36.6 Å². The van der Waals surface area contributed by atoms with E-state index < -0.39 is 41.4 Å². The molecule has 14 heteroatoms. The van der Waals surface area contributed by atoms with Crippen molar-refractivity contribution in [2.24, 2.45) is 4.99 Å². The molecule has 0 saturated carbocycles. The van der Waals surface area contributed by atoms with E-state index in [1.807, 2.05) is 25.7 Å². The van der Waals surface area contributed by atoms with Gasteiger partial charge in [0.1, 0.15) is 17.9 Å². The van der Waals surface area contributed by atoms with E-state index in [2.05, 4.69) is 10.3 Å². The van der Waals surface area contributed by atoms with Gasteiger partial charge in [0.15, 0.2) is 10.8 Å². The number of carbonyl (C=O) groups is 3. The van der Waals surface area contributed by atoms with Crippen LogP contribution in [0, 0.1) is 5.82 Å². The molecule has 5 rings (SSSR count). The molecule has 3 atom stereocenters. The summed E-state index contributed by atoms with van der Waals surface area (Å²) >= 11 is 7.85. The third-order valence-corrected chi connectivity index (χ3v) is 8.87. The maximum absolute atomic E-state index is 14.0. The number of nitrogens with one attached hydrogen (secondary N) is 1. The molecule has 230 valence electrons. The van der Waals surface area contributed by atoms with Crippen molar-refractivity contribution in [1.82, 2.24) is 25.0 Å². The zero-order valence-electron chi connectivity index (χ0n) is 24.6. The Morgan fingerprint density at radius 3 is 2.65 bits per heavy atom. The van der Waals surface area contributed by atoms with Gasteiger partial charge in [-0.05, 0) is 39.8 Å². The number of carbonyl (C=O) groups excluding carboxylic acids is 3. The number of benzene rings is 1. The summed E-state index contributed by atoms with van der Waals surface area (Å²) in [5, 5.41) is 5.75. The first-order valence-corrected chi connectivity index (χ1v) is 15.2. The lowest BCUT2D eigenvalue weighted by Crippen LogP contribution is -2.62. The van der Waals surface area contributed by atoms with Crippen molar-refractivity contribution in [1.29, 1.82) is 0 Å². The summed E-state index contributed by atoms with van der Waals surface area (Å²) in [4.78, 5) is 54.8. The van der Waals surface area contributed by atoms with Crippen molar-refractivity contribution in [2.75, 3.05) is 39.9 Å². The summed E-state index contributed by atoms with van der Waals surface area (Å²) in [6, 6.07) is 1.59. The van der Waals surface area contributed by atoms with E-state index in [4.69, 9.17) is 26.1 Å². The second-order valence-electron chi connectivity index (χ2n) is 11.4. The van der Waals surface area contributed by atoms with Gasteiger partial charge >= 0.3 is 18.0 Å². The summed E-state index contributed by atoms with van der Waals surface area (Å²) in [5.41, 5.74) is 0.588. The number of amides is 2. The summed E-state index contributed by atoms with van der Waals surface area (Å²) in [5.74, 6) is -1.24. The second kappa shape index (κ2) is 12.2. The highest BCUT2D eigenvalue weighted by molar-refractivity contribution is 7.11. The Kier molecular flexibility index (Phi) is 8.77. The quantitative estimate of drug-likeness (QED) is 0.461. The Balaban J connectivity index is 1.59. The lowest BCUT2D eigenvalue weighted by atomic mass is 9.94. The van der Waals surface area contributed by atoms with Crippen LogP contribution in [0.4, 0.5) is 9.18 Å². The standard InChI is InChI=1S/C29H34ClFN6O5S/c1-6-42-26(38)21-19(33-24(25-32-9-12-43-25)34-22(21)17-8-7-16(31)13-18(17)30)14-35-10-11-36-20(23(35)27(39)41-5)15-37(28(36)40)29(2,3)4/h7-9,12-13,20,22-23H,6,10-11,14-15H2,1-5H3,(H,33,34)/t20-,22+,23+/m1/s1. The van der Waals surface area contributed by atoms with E-state index in [0.717, 1.165) is 0 Å². The number of urea groups is 1. The summed E-state index contributed by atoms with van der Waals surface area (Å²) in [7, 11) is 1.32. The highest BCUT2D eigenvalue weighted by Crippen LogP contribution is 2.38. The lowest BCUT2D eigenvalue weighted by molar-refractivity contribution is -0.150. The van der Waals surface area contributed by atoms with Crippen LogP contribution < -0.4 is 5.32 Å². The van der Waals surface area contributed by atoms with Gasteiger partial charge in [-0.15, -0.1) is 11.3 Å². The van der Waals surface area contributed by atoms with Crippen LogP contribution in [0.2, 0.25) is 5.02 Å². The normalized spacial score (nSPS) is 22.7. The van der Waals surface area contributed by atoms with Crippen molar-refractivity contribution >= 4 is 46.7 Å². The average Bonchev–Trinajstić information content (AvgIpc) is 3.61. The van der Waals surface area contributed by atoms with E-state index in [-0.39, 0.29) is 29.8 Å². The van der Waals surface area contributed by atoms with Crippen molar-refractivity contribution in [3.8, 4) is 0 Å². The highest BCUT2D eigenvalue weighted by atomic mass is 35.5. The van der Waals surface area contributed by atoms with Crippen molar-refractivity contribution in [3.63, 3.8) is 0 Å². The number of esters is 2. The molecule has 4 heterocycles. The van der Waals surface area contributed by atoms with Gasteiger partial charge in [-0.3, -0.25) is 14.7 Å². The Bertz CT molecular complexity index is 1480. The van der Waals surface area contributed by atoms with E-state index in [1.54, 1.807) is 28.3 Å². The topological polar surface area (TPSA) is 117 Å². The number of fused-ring (bicyclic) bond motifs is 1. The molecule has 1 aromatic heterocycles. The Hall–Kier alpha value is -3.55. The fourth-order valence-electron chi connectivity index (χ4n) is 5.75. The number of hydrogen-bond acceptors (Lipinski definition) is 10. The first kappa shape index (κ1) is 30.9. The molecule has 11 nitrogen and oxygen atoms in total. The third kappa shape index (κ3) is 5.98. The summed E-state index contributed by atoms with van der Waals surface area (Å²) in [6.07, 6.45) is 1.64. The smallest absolute Gasteiger partial charge is 0.338 e. The van der Waals surface area contributed by atoms with Crippen LogP contribution in [-0.2, 0) is 19.1 Å². The molecular formula is C29H34ClFN6O5S. The van der Waals surface area contributed by atoms with E-state index >= 15 is 0 Å². The minimum Gasteiger partial charge on any atom is -0.468 e. The predicted molar refractivity (Wildman–Crippen MR) is 159 cm³/mol. The summed E-state index contributed by atoms with van der Waals surface area (Å²) < 4.78 is 24.7. The Morgan fingerprint density at radius 1 is 1.26 bits per heavy atom. The number of nitrogens with zero attached hydrogens (tertiary/aromatic N) is 5. The van der Waals surface area contributed by atoms with Crippen molar-refractivity contribution in [3.05, 3.63) is 62.5 Å². The Morgan fingerprint density at radius 2 is 2.02 bits per heavy atom. The predicted octanol–water partition coefficient (Wildman–Crippen LogP) is 3.61. The molecular weight excluding hydrogens is 599 g/mol. The molecule has 0 spiro atoms. The number of methoxy groups -OCH3 is 1. The molecule has 0 unspecified atom stereocenters. The molecule has 43 heavy (non-hydrogen) atoms. The average molecular weight is 633 g/mol. The van der Waals surface area contributed by atoms with Gasteiger partial charge in [-0.1, -0.05) is 17.7 Å². The van der Waals surface area contributed by atoms with Gasteiger partial charge in [0.05, 0.1) is 25.3 Å². The largest absolute Gasteiger partial charge is 0.468 e. The van der Waals surface area contributed by atoms with E-state index in [9.17, 15) is 18.8 Å². The first-order valence-electron chi connectivity index (χ1n) is 13.9. The maximum Gasteiger partial charge on any atom is 0.338 e. The maximum atomic E-state index is 14.0. The van der Waals surface area contributed by atoms with Crippen LogP contribution in [0.15, 0.2) is 46.0 Å². The number of aliphatic imine (C=N–C) groups is 1. The van der Waals surface area contributed by atoms with Gasteiger partial charge in [0, 0.05) is 59.6 Å². The molecule has 0 bridgehead atoms. The SMILES string of the molecule is CCOC(=O)C1=C(CN2CCN3C(=O)N(C(C)(C)C)C[C@@H]3[C@H]2C(=O)OC)NC(c2nccs2)=N[C@H]1c1ccc(F)cc1Cl. The zero-order chi connectivity index (χ0) is 31.1. The lowest BCUT2D eigenvalue weighted by Gasteiger charge is -2.43. The van der Waals surface area contributed by atoms with Crippen LogP contribution >= 0.6 is 22.9 Å². The van der Waals surface area contributed by atoms with Crippen LogP contribution in [0.3, 0.4) is 0 Å². The Labute approximate surface area is 258 Å². The molecule has 2 aromatic rings.